The van der Waals surface area contributed by atoms with E-state index >= 15 is 0 Å². The van der Waals surface area contributed by atoms with Crippen molar-refractivity contribution in [2.45, 2.75) is 13.3 Å². The summed E-state index contributed by atoms with van der Waals surface area (Å²) in [5, 5.41) is 12.2. The Hall–Kier alpha value is -2.75. The van der Waals surface area contributed by atoms with Gasteiger partial charge >= 0.3 is 0 Å². The predicted molar refractivity (Wildman–Crippen MR) is 124 cm³/mol. The quantitative estimate of drug-likeness (QED) is 0.333. The molecule has 164 valence electrons. The zero-order valence-electron chi connectivity index (χ0n) is 17.5. The fourth-order valence-corrected chi connectivity index (χ4v) is 4.29. The summed E-state index contributed by atoms with van der Waals surface area (Å²) < 4.78 is 6.53. The Kier molecular flexibility index (Phi) is 7.42. The van der Waals surface area contributed by atoms with Crippen molar-refractivity contribution in [3.63, 3.8) is 0 Å². The molecule has 0 saturated carbocycles. The number of aromatic nitrogens is 1. The molecule has 1 heterocycles. The lowest BCUT2D eigenvalue weighted by atomic mass is 10.1. The highest BCUT2D eigenvalue weighted by molar-refractivity contribution is 7.22. The minimum Gasteiger partial charge on any atom is -0.492 e. The van der Waals surface area contributed by atoms with Crippen molar-refractivity contribution in [3.05, 3.63) is 57.1 Å². The number of thiazole rings is 1. The van der Waals surface area contributed by atoms with Crippen LogP contribution in [0.3, 0.4) is 0 Å². The Morgan fingerprint density at radius 3 is 2.71 bits per heavy atom. The number of nitro benzene ring substituents is 1. The van der Waals surface area contributed by atoms with Gasteiger partial charge in [-0.2, -0.15) is 0 Å². The van der Waals surface area contributed by atoms with Gasteiger partial charge in [0.05, 0.1) is 16.2 Å². The maximum absolute atomic E-state index is 13.5. The highest BCUT2D eigenvalue weighted by atomic mass is 35.5. The molecule has 0 aliphatic heterocycles. The summed E-state index contributed by atoms with van der Waals surface area (Å²) in [6, 6.07) is 9.59. The molecule has 0 radical (unpaired) electrons. The first kappa shape index (κ1) is 22.9. The number of nitro groups is 1. The molecule has 0 atom stereocenters. The van der Waals surface area contributed by atoms with Crippen LogP contribution in [0.4, 0.5) is 10.8 Å². The molecule has 2 aromatic carbocycles. The molecule has 0 aliphatic rings. The van der Waals surface area contributed by atoms with E-state index in [0.29, 0.717) is 36.0 Å². The van der Waals surface area contributed by atoms with Crippen molar-refractivity contribution in [2.24, 2.45) is 0 Å². The molecular weight excluding hydrogens is 440 g/mol. The van der Waals surface area contributed by atoms with Crippen molar-refractivity contribution in [1.29, 1.82) is 0 Å². The molecule has 0 spiro atoms. The van der Waals surface area contributed by atoms with E-state index in [1.165, 1.54) is 34.4 Å². The summed E-state index contributed by atoms with van der Waals surface area (Å²) in [4.78, 5) is 32.6. The van der Waals surface area contributed by atoms with E-state index in [1.54, 1.807) is 0 Å². The van der Waals surface area contributed by atoms with Crippen LogP contribution in [-0.4, -0.2) is 54.5 Å². The van der Waals surface area contributed by atoms with Crippen molar-refractivity contribution < 1.29 is 14.5 Å². The lowest BCUT2D eigenvalue weighted by Gasteiger charge is -2.21. The normalized spacial score (nSPS) is 11.1. The average molecular weight is 463 g/mol. The van der Waals surface area contributed by atoms with Crippen molar-refractivity contribution in [1.82, 2.24) is 9.88 Å². The predicted octanol–water partition coefficient (Wildman–Crippen LogP) is 4.86. The molecule has 0 saturated heterocycles. The summed E-state index contributed by atoms with van der Waals surface area (Å²) in [6.45, 7) is 3.48. The lowest BCUT2D eigenvalue weighted by Crippen LogP contribution is -2.33. The van der Waals surface area contributed by atoms with Crippen molar-refractivity contribution >= 4 is 49.9 Å². The lowest BCUT2D eigenvalue weighted by molar-refractivity contribution is -0.385. The third kappa shape index (κ3) is 5.30. The van der Waals surface area contributed by atoms with E-state index in [0.717, 1.165) is 11.2 Å². The first-order valence-corrected chi connectivity index (χ1v) is 10.9. The monoisotopic (exact) mass is 462 g/mol. The molecule has 1 amide bonds. The molecule has 1 aromatic heterocycles. The van der Waals surface area contributed by atoms with Gasteiger partial charge in [0.25, 0.3) is 11.6 Å². The van der Waals surface area contributed by atoms with Crippen LogP contribution in [0.25, 0.3) is 10.2 Å². The number of halogens is 1. The Morgan fingerprint density at radius 2 is 2.03 bits per heavy atom. The largest absolute Gasteiger partial charge is 0.492 e. The Morgan fingerprint density at radius 1 is 1.26 bits per heavy atom. The molecule has 3 aromatic rings. The smallest absolute Gasteiger partial charge is 0.282 e. The number of rotatable bonds is 9. The van der Waals surface area contributed by atoms with Crippen molar-refractivity contribution in [2.75, 3.05) is 38.7 Å². The van der Waals surface area contributed by atoms with Gasteiger partial charge in [0.15, 0.2) is 5.13 Å². The molecule has 10 heteroatoms. The van der Waals surface area contributed by atoms with E-state index in [-0.39, 0.29) is 16.3 Å². The van der Waals surface area contributed by atoms with Gasteiger partial charge in [0, 0.05) is 17.6 Å². The minimum absolute atomic E-state index is 0.0633. The van der Waals surface area contributed by atoms with Gasteiger partial charge in [-0.15, -0.1) is 0 Å². The van der Waals surface area contributed by atoms with E-state index < -0.39 is 10.8 Å². The summed E-state index contributed by atoms with van der Waals surface area (Å²) >= 11 is 7.40. The van der Waals surface area contributed by atoms with Crippen LogP contribution in [-0.2, 0) is 0 Å². The Labute approximate surface area is 189 Å². The number of carbonyl (C=O) groups excluding carboxylic acids is 1. The number of hydrogen-bond acceptors (Lipinski definition) is 7. The molecule has 0 fully saturated rings. The fraction of sp³-hybridized carbons (Fsp3) is 0.333. The molecule has 31 heavy (non-hydrogen) atoms. The zero-order chi connectivity index (χ0) is 22.5. The number of para-hydroxylation sites is 1. The van der Waals surface area contributed by atoms with Crippen LogP contribution in [0.2, 0.25) is 5.02 Å². The average Bonchev–Trinajstić information content (AvgIpc) is 3.15. The van der Waals surface area contributed by atoms with Crippen LogP contribution in [0.1, 0.15) is 23.7 Å². The number of ether oxygens (including phenoxy) is 1. The van der Waals surface area contributed by atoms with Crippen LogP contribution in [0, 0.1) is 10.1 Å². The van der Waals surface area contributed by atoms with Gasteiger partial charge in [0.1, 0.15) is 16.8 Å². The van der Waals surface area contributed by atoms with E-state index in [9.17, 15) is 14.9 Å². The van der Waals surface area contributed by atoms with Crippen LogP contribution in [0.5, 0.6) is 5.75 Å². The number of hydrogen-bond donors (Lipinski definition) is 0. The number of anilines is 1. The number of benzene rings is 2. The first-order chi connectivity index (χ1) is 14.8. The molecule has 0 aliphatic carbocycles. The van der Waals surface area contributed by atoms with Crippen LogP contribution >= 0.6 is 22.9 Å². The Balaban J connectivity index is 2.06. The highest BCUT2D eigenvalue weighted by Crippen LogP contribution is 2.35. The topological polar surface area (TPSA) is 88.8 Å². The van der Waals surface area contributed by atoms with E-state index in [4.69, 9.17) is 16.3 Å². The second-order valence-corrected chi connectivity index (χ2v) is 8.51. The van der Waals surface area contributed by atoms with Crippen molar-refractivity contribution in [3.8, 4) is 5.75 Å². The van der Waals surface area contributed by atoms with Gasteiger partial charge in [0.2, 0.25) is 0 Å². The third-order valence-corrected chi connectivity index (χ3v) is 5.80. The van der Waals surface area contributed by atoms with Crippen LogP contribution < -0.4 is 9.64 Å². The Bertz CT molecular complexity index is 1100. The summed E-state index contributed by atoms with van der Waals surface area (Å²) in [5.41, 5.74) is 0.310. The SMILES string of the molecule is CCOc1cccc2sc(N(CCCN(C)C)C(=O)c3cc(Cl)ccc3[N+](=O)[O-])nc12. The van der Waals surface area contributed by atoms with Gasteiger partial charge in [-0.3, -0.25) is 19.8 Å². The fourth-order valence-electron chi connectivity index (χ4n) is 3.11. The number of amides is 1. The molecule has 3 rings (SSSR count). The summed E-state index contributed by atoms with van der Waals surface area (Å²) in [7, 11) is 3.89. The van der Waals surface area contributed by atoms with Gasteiger partial charge in [-0.1, -0.05) is 29.0 Å². The number of fused-ring (bicyclic) bond motifs is 1. The second-order valence-electron chi connectivity index (χ2n) is 7.06. The zero-order valence-corrected chi connectivity index (χ0v) is 19.1. The first-order valence-electron chi connectivity index (χ1n) is 9.74. The highest BCUT2D eigenvalue weighted by Gasteiger charge is 2.28. The minimum atomic E-state index is -0.576. The standard InChI is InChI=1S/C21H23ClN4O4S/c1-4-30-17-7-5-8-18-19(17)23-21(31-18)25(12-6-11-24(2)3)20(27)15-13-14(22)9-10-16(15)26(28)29/h5,7-10,13H,4,6,11-12H2,1-3H3. The van der Waals surface area contributed by atoms with E-state index in [1.807, 2.05) is 44.1 Å². The summed E-state index contributed by atoms with van der Waals surface area (Å²) in [6.07, 6.45) is 0.668. The van der Waals surface area contributed by atoms with Gasteiger partial charge in [-0.25, -0.2) is 4.98 Å². The van der Waals surface area contributed by atoms with Gasteiger partial charge < -0.3 is 9.64 Å². The molecule has 0 bridgehead atoms. The second kappa shape index (κ2) is 10.0. The van der Waals surface area contributed by atoms with Gasteiger partial charge in [-0.05, 0) is 58.3 Å². The maximum Gasteiger partial charge on any atom is 0.282 e. The number of nitrogens with zero attached hydrogens (tertiary/aromatic N) is 4. The third-order valence-electron chi connectivity index (χ3n) is 4.52. The molecule has 0 N–H and O–H groups in total. The molecular formula is C21H23ClN4O4S. The maximum atomic E-state index is 13.5. The molecule has 8 nitrogen and oxygen atoms in total. The number of carbonyl (C=O) groups is 1. The molecule has 0 unspecified atom stereocenters. The van der Waals surface area contributed by atoms with Crippen LogP contribution in [0.15, 0.2) is 36.4 Å². The summed E-state index contributed by atoms with van der Waals surface area (Å²) in [5.74, 6) is 0.127. The van der Waals surface area contributed by atoms with E-state index in [2.05, 4.69) is 4.98 Å².